The third kappa shape index (κ3) is 6.37. The Morgan fingerprint density at radius 3 is 2.32 bits per heavy atom. The average Bonchev–Trinajstić information content (AvgIpc) is 2.63. The van der Waals surface area contributed by atoms with Gasteiger partial charge in [-0.1, -0.05) is 12.1 Å². The molecule has 0 radical (unpaired) electrons. The van der Waals surface area contributed by atoms with Crippen LogP contribution in [0.5, 0.6) is 5.75 Å². The molecule has 2 aromatic carbocycles. The lowest BCUT2D eigenvalue weighted by Gasteiger charge is -2.06. The van der Waals surface area contributed by atoms with Crippen molar-refractivity contribution in [3.05, 3.63) is 65.5 Å². The number of methoxy groups -OCH3 is 1. The van der Waals surface area contributed by atoms with Crippen LogP contribution in [0.4, 0.5) is 4.39 Å². The zero-order valence-corrected chi connectivity index (χ0v) is 14.3. The first-order valence-corrected chi connectivity index (χ1v) is 8.27. The van der Waals surface area contributed by atoms with E-state index in [1.54, 1.807) is 7.11 Å². The largest absolute Gasteiger partial charge is 0.497 e. The monoisotopic (exact) mass is 343 g/mol. The van der Waals surface area contributed by atoms with Crippen LogP contribution < -0.4 is 10.1 Å². The van der Waals surface area contributed by atoms with Gasteiger partial charge >= 0.3 is 0 Å². The fourth-order valence-corrected chi connectivity index (χ4v) is 2.42. The van der Waals surface area contributed by atoms with Gasteiger partial charge in [0.1, 0.15) is 11.6 Å². The summed E-state index contributed by atoms with van der Waals surface area (Å²) in [5, 5.41) is 2.85. The molecule has 0 aliphatic rings. The van der Waals surface area contributed by atoms with Crippen molar-refractivity contribution in [3.63, 3.8) is 0 Å². The summed E-state index contributed by atoms with van der Waals surface area (Å²) in [7, 11) is 1.62. The third-order valence-corrected chi connectivity index (χ3v) is 3.87. The van der Waals surface area contributed by atoms with Gasteiger partial charge in [0.15, 0.2) is 5.78 Å². The minimum absolute atomic E-state index is 0.0691. The van der Waals surface area contributed by atoms with Crippen LogP contribution in [0, 0.1) is 5.82 Å². The second kappa shape index (κ2) is 9.57. The van der Waals surface area contributed by atoms with E-state index in [0.717, 1.165) is 17.7 Å². The lowest BCUT2D eigenvalue weighted by molar-refractivity contribution is -0.121. The summed E-state index contributed by atoms with van der Waals surface area (Å²) >= 11 is 0. The first-order chi connectivity index (χ1) is 12.1. The zero-order chi connectivity index (χ0) is 18.1. The Balaban J connectivity index is 1.63. The van der Waals surface area contributed by atoms with E-state index >= 15 is 0 Å². The molecule has 0 saturated carbocycles. The summed E-state index contributed by atoms with van der Waals surface area (Å²) in [5.41, 5.74) is 1.59. The first kappa shape index (κ1) is 18.6. The molecular formula is C20H22FNO3. The van der Waals surface area contributed by atoms with Crippen LogP contribution in [-0.4, -0.2) is 25.3 Å². The normalized spacial score (nSPS) is 10.3. The Morgan fingerprint density at radius 2 is 1.68 bits per heavy atom. The molecule has 0 atom stereocenters. The topological polar surface area (TPSA) is 55.4 Å². The second-order valence-corrected chi connectivity index (χ2v) is 5.73. The Kier molecular flexibility index (Phi) is 7.14. The lowest BCUT2D eigenvalue weighted by Crippen LogP contribution is -2.25. The van der Waals surface area contributed by atoms with Crippen LogP contribution in [0.1, 0.15) is 35.2 Å². The number of hydrogen-bond donors (Lipinski definition) is 1. The van der Waals surface area contributed by atoms with Crippen LogP contribution >= 0.6 is 0 Å². The van der Waals surface area contributed by atoms with Crippen molar-refractivity contribution in [1.82, 2.24) is 5.32 Å². The molecule has 4 nitrogen and oxygen atoms in total. The van der Waals surface area contributed by atoms with Crippen molar-refractivity contribution in [1.29, 1.82) is 0 Å². The number of rotatable bonds is 9. The summed E-state index contributed by atoms with van der Waals surface area (Å²) in [6.07, 6.45) is 1.79. The van der Waals surface area contributed by atoms with E-state index in [1.807, 2.05) is 24.3 Å². The summed E-state index contributed by atoms with van der Waals surface area (Å²) < 4.78 is 17.9. The van der Waals surface area contributed by atoms with Crippen molar-refractivity contribution in [2.24, 2.45) is 0 Å². The highest BCUT2D eigenvalue weighted by Gasteiger charge is 2.08. The number of carbonyl (C=O) groups excluding carboxylic acids is 2. The van der Waals surface area contributed by atoms with Gasteiger partial charge < -0.3 is 10.1 Å². The smallest absolute Gasteiger partial charge is 0.220 e. The molecule has 0 saturated heterocycles. The third-order valence-electron chi connectivity index (χ3n) is 3.87. The molecule has 0 aliphatic carbocycles. The fraction of sp³-hybridized carbons (Fsp3) is 0.300. The molecule has 0 bridgehead atoms. The van der Waals surface area contributed by atoms with Gasteiger partial charge in [0.05, 0.1) is 7.11 Å². The average molecular weight is 343 g/mol. The number of Topliss-reactive ketones (excluding diaryl/α,β-unsaturated/α-hetero) is 1. The van der Waals surface area contributed by atoms with Crippen molar-refractivity contribution >= 4 is 11.7 Å². The maximum Gasteiger partial charge on any atom is 0.220 e. The summed E-state index contributed by atoms with van der Waals surface area (Å²) in [6.45, 7) is 0.553. The van der Waals surface area contributed by atoms with Crippen LogP contribution in [0.2, 0.25) is 0 Å². The summed E-state index contributed by atoms with van der Waals surface area (Å²) in [5.74, 6) is 0.290. The van der Waals surface area contributed by atoms with Gasteiger partial charge in [-0.25, -0.2) is 4.39 Å². The minimum Gasteiger partial charge on any atom is -0.497 e. The number of ketones is 1. The van der Waals surface area contributed by atoms with Gasteiger partial charge in [0.2, 0.25) is 5.91 Å². The number of hydrogen-bond acceptors (Lipinski definition) is 3. The predicted molar refractivity (Wildman–Crippen MR) is 94.3 cm³/mol. The van der Waals surface area contributed by atoms with Gasteiger partial charge in [-0.05, 0) is 54.8 Å². The summed E-state index contributed by atoms with van der Waals surface area (Å²) in [4.78, 5) is 23.7. The number of nitrogens with one attached hydrogen (secondary N) is 1. The van der Waals surface area contributed by atoms with Gasteiger partial charge in [-0.3, -0.25) is 9.59 Å². The number of amides is 1. The number of ether oxygens (including phenoxy) is 1. The van der Waals surface area contributed by atoms with Crippen molar-refractivity contribution in [2.75, 3.05) is 13.7 Å². The first-order valence-electron chi connectivity index (χ1n) is 8.27. The molecule has 1 N–H and O–H groups in total. The predicted octanol–water partition coefficient (Wildman–Crippen LogP) is 3.55. The Hall–Kier alpha value is -2.69. The quantitative estimate of drug-likeness (QED) is 0.709. The molecule has 132 valence electrons. The molecule has 2 aromatic rings. The van der Waals surface area contributed by atoms with Crippen molar-refractivity contribution < 1.29 is 18.7 Å². The number of benzene rings is 2. The van der Waals surface area contributed by atoms with Crippen molar-refractivity contribution in [3.8, 4) is 5.75 Å². The SMILES string of the molecule is COc1ccc(CCNC(=O)CCCC(=O)c2ccc(F)cc2)cc1. The van der Waals surface area contributed by atoms with Crippen molar-refractivity contribution in [2.45, 2.75) is 25.7 Å². The molecule has 0 fully saturated rings. The standard InChI is InChI=1S/C20H22FNO3/c1-25-18-11-5-15(6-12-18)13-14-22-20(24)4-2-3-19(23)16-7-9-17(21)10-8-16/h5-12H,2-4,13-14H2,1H3,(H,22,24). The highest BCUT2D eigenvalue weighted by atomic mass is 19.1. The molecule has 25 heavy (non-hydrogen) atoms. The molecule has 0 unspecified atom stereocenters. The zero-order valence-electron chi connectivity index (χ0n) is 14.3. The molecule has 0 aliphatic heterocycles. The molecular weight excluding hydrogens is 321 g/mol. The number of halogens is 1. The maximum atomic E-state index is 12.8. The van der Waals surface area contributed by atoms with E-state index in [9.17, 15) is 14.0 Å². The van der Waals surface area contributed by atoms with E-state index in [0.29, 0.717) is 24.9 Å². The van der Waals surface area contributed by atoms with E-state index < -0.39 is 0 Å². The maximum absolute atomic E-state index is 12.8. The van der Waals surface area contributed by atoms with E-state index in [1.165, 1.54) is 24.3 Å². The fourth-order valence-electron chi connectivity index (χ4n) is 2.42. The molecule has 1 amide bonds. The Bertz CT molecular complexity index is 696. The Morgan fingerprint density at radius 1 is 1.00 bits per heavy atom. The molecule has 5 heteroatoms. The van der Waals surface area contributed by atoms with Crippen LogP contribution in [0.25, 0.3) is 0 Å². The lowest BCUT2D eigenvalue weighted by atomic mass is 10.1. The van der Waals surface area contributed by atoms with E-state index in [2.05, 4.69) is 5.32 Å². The van der Waals surface area contributed by atoms with Gasteiger partial charge in [-0.15, -0.1) is 0 Å². The van der Waals surface area contributed by atoms with E-state index in [4.69, 9.17) is 4.74 Å². The van der Waals surface area contributed by atoms with Crippen LogP contribution in [0.15, 0.2) is 48.5 Å². The Labute approximate surface area is 147 Å². The molecule has 0 aromatic heterocycles. The van der Waals surface area contributed by atoms with E-state index in [-0.39, 0.29) is 23.9 Å². The van der Waals surface area contributed by atoms with Crippen LogP contribution in [-0.2, 0) is 11.2 Å². The number of carbonyl (C=O) groups is 2. The molecule has 2 rings (SSSR count). The highest BCUT2D eigenvalue weighted by molar-refractivity contribution is 5.96. The van der Waals surface area contributed by atoms with Gasteiger partial charge in [0.25, 0.3) is 0 Å². The highest BCUT2D eigenvalue weighted by Crippen LogP contribution is 2.11. The molecule has 0 heterocycles. The minimum atomic E-state index is -0.368. The van der Waals surface area contributed by atoms with Crippen LogP contribution in [0.3, 0.4) is 0 Å². The van der Waals surface area contributed by atoms with Gasteiger partial charge in [0, 0.05) is 24.9 Å². The second-order valence-electron chi connectivity index (χ2n) is 5.73. The summed E-state index contributed by atoms with van der Waals surface area (Å²) in [6, 6.07) is 13.2. The van der Waals surface area contributed by atoms with Gasteiger partial charge in [-0.2, -0.15) is 0 Å². The molecule has 0 spiro atoms.